The number of nitrogens with two attached hydrogens (primary N) is 1. The lowest BCUT2D eigenvalue weighted by atomic mass is 10.2. The number of aliphatic hydroxyl groups is 1. The van der Waals surface area contributed by atoms with E-state index in [4.69, 9.17) is 41.4 Å². The second-order valence-corrected chi connectivity index (χ2v) is 9.84. The van der Waals surface area contributed by atoms with Crippen molar-refractivity contribution in [3.8, 4) is 5.75 Å². The Hall–Kier alpha value is -3.16. The van der Waals surface area contributed by atoms with Gasteiger partial charge in [-0.3, -0.25) is 13.9 Å². The van der Waals surface area contributed by atoms with Crippen LogP contribution in [-0.2, 0) is 23.4 Å². The summed E-state index contributed by atoms with van der Waals surface area (Å²) in [6.45, 7) is 3.52. The van der Waals surface area contributed by atoms with Gasteiger partial charge in [-0.15, -0.1) is 0 Å². The average Bonchev–Trinajstić information content (AvgIpc) is 2.85. The number of rotatable bonds is 15. The number of nitrogens with one attached hydrogen (secondary N) is 1. The number of aromatic nitrogens is 2. The first-order chi connectivity index (χ1) is 18.0. The van der Waals surface area contributed by atoms with Gasteiger partial charge in [0.05, 0.1) is 30.9 Å². The second kappa shape index (κ2) is 14.7. The standard InChI is InChI=1S/C21H29ClN7O8P/c1-4-34-20(31)13(2)27-38(33,37-16-8-6-5-7-15(16)22)35-12-17(14(3)30)36-19(11-25-28-24)29-10-9-18(23)26-21(29)32/h5-10,13-14,17,19,30H,4,11-12H2,1-3H3,(H,27,33)(H2,23,26,32)/t13-,14?,17+,19+,38?/m0/s1. The van der Waals surface area contributed by atoms with E-state index in [0.717, 1.165) is 4.57 Å². The largest absolute Gasteiger partial charge is 0.465 e. The molecule has 38 heavy (non-hydrogen) atoms. The van der Waals surface area contributed by atoms with Crippen molar-refractivity contribution >= 4 is 31.1 Å². The molecule has 0 amide bonds. The average molecular weight is 574 g/mol. The number of halogens is 1. The lowest BCUT2D eigenvalue weighted by Gasteiger charge is -2.29. The van der Waals surface area contributed by atoms with Crippen LogP contribution in [0.25, 0.3) is 10.4 Å². The Morgan fingerprint density at radius 2 is 2.08 bits per heavy atom. The SMILES string of the molecule is CCOC(=O)[C@H](C)NP(=O)(OC[C@@H](O[C@H](CN=[N+]=[N-])n1ccc(N)nc1=O)C(C)O)Oc1ccccc1Cl. The third-order valence-corrected chi connectivity index (χ3v) is 6.73. The van der Waals surface area contributed by atoms with Crippen LogP contribution in [0.5, 0.6) is 5.75 Å². The molecule has 17 heteroatoms. The molecule has 5 atom stereocenters. The third-order valence-electron chi connectivity index (χ3n) is 4.79. The molecule has 2 aromatic rings. The van der Waals surface area contributed by atoms with Gasteiger partial charge >= 0.3 is 19.4 Å². The summed E-state index contributed by atoms with van der Waals surface area (Å²) in [6, 6.07) is 6.36. The highest BCUT2D eigenvalue weighted by molar-refractivity contribution is 7.52. The highest BCUT2D eigenvalue weighted by Gasteiger charge is 2.35. The fraction of sp³-hybridized carbons (Fsp3) is 0.476. The van der Waals surface area contributed by atoms with Gasteiger partial charge in [0, 0.05) is 11.1 Å². The maximum Gasteiger partial charge on any atom is 0.459 e. The number of ether oxygens (including phenoxy) is 2. The lowest BCUT2D eigenvalue weighted by molar-refractivity contribution is -0.144. The van der Waals surface area contributed by atoms with Gasteiger partial charge < -0.3 is 24.8 Å². The second-order valence-electron chi connectivity index (χ2n) is 7.74. The van der Waals surface area contributed by atoms with E-state index in [1.807, 2.05) is 0 Å². The van der Waals surface area contributed by atoms with Gasteiger partial charge in [-0.2, -0.15) is 10.1 Å². The van der Waals surface area contributed by atoms with Crippen LogP contribution in [0.15, 0.2) is 46.4 Å². The minimum absolute atomic E-state index is 0.00342. The van der Waals surface area contributed by atoms with Crippen molar-refractivity contribution in [2.45, 2.75) is 45.2 Å². The van der Waals surface area contributed by atoms with Crippen LogP contribution in [0.3, 0.4) is 0 Å². The van der Waals surface area contributed by atoms with E-state index < -0.39 is 50.5 Å². The van der Waals surface area contributed by atoms with Crippen molar-refractivity contribution in [2.24, 2.45) is 5.11 Å². The molecule has 0 aliphatic heterocycles. The molecule has 1 aromatic carbocycles. The Kier molecular flexibility index (Phi) is 12.0. The smallest absolute Gasteiger partial charge is 0.459 e. The predicted molar refractivity (Wildman–Crippen MR) is 137 cm³/mol. The molecule has 0 radical (unpaired) electrons. The first-order valence-electron chi connectivity index (χ1n) is 11.3. The quantitative estimate of drug-likeness (QED) is 0.0925. The van der Waals surface area contributed by atoms with Crippen LogP contribution < -0.4 is 21.0 Å². The minimum Gasteiger partial charge on any atom is -0.465 e. The molecule has 2 unspecified atom stereocenters. The topological polar surface area (TPSA) is 213 Å². The number of anilines is 1. The summed E-state index contributed by atoms with van der Waals surface area (Å²) in [5.41, 5.74) is 13.5. The Labute approximate surface area is 223 Å². The van der Waals surface area contributed by atoms with E-state index in [1.54, 1.807) is 19.1 Å². The summed E-state index contributed by atoms with van der Waals surface area (Å²) in [6.07, 6.45) is -2.43. The normalized spacial score (nSPS) is 15.8. The maximum atomic E-state index is 13.7. The number of benzene rings is 1. The fourth-order valence-electron chi connectivity index (χ4n) is 2.91. The van der Waals surface area contributed by atoms with Crippen molar-refractivity contribution in [2.75, 3.05) is 25.5 Å². The number of carbonyl (C=O) groups is 1. The molecule has 4 N–H and O–H groups in total. The summed E-state index contributed by atoms with van der Waals surface area (Å²) in [7, 11) is -4.35. The van der Waals surface area contributed by atoms with Gasteiger partial charge in [0.25, 0.3) is 0 Å². The van der Waals surface area contributed by atoms with Crippen LogP contribution in [0.1, 0.15) is 27.0 Å². The van der Waals surface area contributed by atoms with Gasteiger partial charge in [0.1, 0.15) is 29.9 Å². The van der Waals surface area contributed by atoms with Gasteiger partial charge in [-0.05, 0) is 44.5 Å². The molecule has 0 saturated carbocycles. The molecule has 0 aliphatic carbocycles. The molecule has 0 spiro atoms. The minimum atomic E-state index is -4.35. The molecular formula is C21H29ClN7O8P. The number of azide groups is 1. The number of nitrogen functional groups attached to an aromatic ring is 1. The number of para-hydroxylation sites is 1. The van der Waals surface area contributed by atoms with E-state index >= 15 is 0 Å². The van der Waals surface area contributed by atoms with Crippen LogP contribution in [0, 0.1) is 0 Å². The predicted octanol–water partition coefficient (Wildman–Crippen LogP) is 2.80. The van der Waals surface area contributed by atoms with Crippen LogP contribution in [0.4, 0.5) is 5.82 Å². The van der Waals surface area contributed by atoms with Crippen LogP contribution in [-0.4, -0.2) is 58.6 Å². The van der Waals surface area contributed by atoms with Gasteiger partial charge in [-0.1, -0.05) is 28.8 Å². The Bertz CT molecular complexity index is 1240. The molecule has 15 nitrogen and oxygen atoms in total. The maximum absolute atomic E-state index is 13.7. The summed E-state index contributed by atoms with van der Waals surface area (Å²) in [5.74, 6) is -0.757. The van der Waals surface area contributed by atoms with Crippen molar-refractivity contribution in [1.29, 1.82) is 0 Å². The zero-order chi connectivity index (χ0) is 28.3. The molecule has 1 aromatic heterocycles. The molecule has 0 saturated heterocycles. The Morgan fingerprint density at radius 3 is 2.68 bits per heavy atom. The summed E-state index contributed by atoms with van der Waals surface area (Å²) < 4.78 is 36.5. The number of carbonyl (C=O) groups excluding carboxylic acids is 1. The zero-order valence-corrected chi connectivity index (χ0v) is 22.5. The van der Waals surface area contributed by atoms with Crippen molar-refractivity contribution in [3.63, 3.8) is 0 Å². The van der Waals surface area contributed by atoms with Crippen LogP contribution in [0.2, 0.25) is 5.02 Å². The lowest BCUT2D eigenvalue weighted by Crippen LogP contribution is -2.39. The van der Waals surface area contributed by atoms with E-state index in [-0.39, 0.29) is 29.7 Å². The van der Waals surface area contributed by atoms with Crippen molar-refractivity contribution in [3.05, 3.63) is 62.5 Å². The van der Waals surface area contributed by atoms with E-state index in [0.29, 0.717) is 0 Å². The monoisotopic (exact) mass is 573 g/mol. The Morgan fingerprint density at radius 1 is 1.37 bits per heavy atom. The molecular weight excluding hydrogens is 545 g/mol. The molecule has 0 aliphatic rings. The Balaban J connectivity index is 2.31. The van der Waals surface area contributed by atoms with Gasteiger partial charge in [-0.25, -0.2) is 9.36 Å². The number of hydrogen-bond acceptors (Lipinski definition) is 11. The summed E-state index contributed by atoms with van der Waals surface area (Å²) in [4.78, 5) is 30.7. The number of hydrogen-bond donors (Lipinski definition) is 3. The zero-order valence-electron chi connectivity index (χ0n) is 20.8. The summed E-state index contributed by atoms with van der Waals surface area (Å²) in [5, 5.41) is 16.4. The number of nitrogens with zero attached hydrogens (tertiary/aromatic N) is 5. The molecule has 1 heterocycles. The first-order valence-corrected chi connectivity index (χ1v) is 13.2. The van der Waals surface area contributed by atoms with Crippen LogP contribution >= 0.6 is 19.3 Å². The van der Waals surface area contributed by atoms with Crippen molar-refractivity contribution in [1.82, 2.24) is 14.6 Å². The first kappa shape index (κ1) is 31.1. The number of esters is 1. The van der Waals surface area contributed by atoms with E-state index in [1.165, 1.54) is 38.2 Å². The highest BCUT2D eigenvalue weighted by atomic mass is 35.5. The molecule has 0 fully saturated rings. The molecule has 0 bridgehead atoms. The summed E-state index contributed by atoms with van der Waals surface area (Å²) >= 11 is 6.13. The number of aliphatic hydroxyl groups excluding tert-OH is 1. The highest BCUT2D eigenvalue weighted by Crippen LogP contribution is 2.47. The van der Waals surface area contributed by atoms with Gasteiger partial charge in [0.15, 0.2) is 0 Å². The molecule has 208 valence electrons. The van der Waals surface area contributed by atoms with Gasteiger partial charge in [0.2, 0.25) is 0 Å². The fourth-order valence-corrected chi connectivity index (χ4v) is 4.66. The third kappa shape index (κ3) is 9.30. The van der Waals surface area contributed by atoms with E-state index in [2.05, 4.69) is 20.1 Å². The van der Waals surface area contributed by atoms with E-state index in [9.17, 15) is 19.3 Å². The van der Waals surface area contributed by atoms with Crippen molar-refractivity contribution < 1.29 is 33.0 Å². The molecule has 2 rings (SSSR count).